The molecule has 0 spiro atoms. The molecule has 0 heterocycles. The lowest BCUT2D eigenvalue weighted by Crippen LogP contribution is -2.36. The number of amides is 1. The minimum atomic E-state index is -0.513. The van der Waals surface area contributed by atoms with E-state index in [0.717, 1.165) is 0 Å². The first-order chi connectivity index (χ1) is 6.06. The third-order valence-corrected chi connectivity index (χ3v) is 2.35. The summed E-state index contributed by atoms with van der Waals surface area (Å²) in [6, 6.07) is 0. The number of aliphatic hydroxyl groups excluding tert-OH is 1. The maximum atomic E-state index is 11.1. The molecule has 0 bridgehead atoms. The van der Waals surface area contributed by atoms with Gasteiger partial charge in [-0.3, -0.25) is 10.2 Å². The third-order valence-electron chi connectivity index (χ3n) is 1.71. The number of hydrogen-bond acceptors (Lipinski definition) is 3. The molecule has 1 aliphatic rings. The number of carbonyl (C=O) groups excluding carboxylic acids is 1. The smallest absolute Gasteiger partial charge is 0.241 e. The Morgan fingerprint density at radius 2 is 2.31 bits per heavy atom. The third kappa shape index (κ3) is 2.15. The van der Waals surface area contributed by atoms with Gasteiger partial charge in [0, 0.05) is 6.42 Å². The van der Waals surface area contributed by atoms with Crippen LogP contribution in [-0.2, 0) is 4.79 Å². The van der Waals surface area contributed by atoms with Crippen molar-refractivity contribution in [2.24, 2.45) is 11.8 Å². The Morgan fingerprint density at radius 3 is 2.77 bits per heavy atom. The molecule has 72 valence electrons. The lowest BCUT2D eigenvalue weighted by Gasteiger charge is -2.16. The van der Waals surface area contributed by atoms with E-state index in [4.69, 9.17) is 29.0 Å². The monoisotopic (exact) mass is 222 g/mol. The normalized spacial score (nSPS) is 22.7. The van der Waals surface area contributed by atoms with Crippen molar-refractivity contribution in [1.82, 2.24) is 5.43 Å². The lowest BCUT2D eigenvalue weighted by molar-refractivity contribution is -0.123. The van der Waals surface area contributed by atoms with Crippen molar-refractivity contribution in [3.8, 4) is 0 Å². The number of halogens is 2. The molecule has 0 radical (unpaired) electrons. The number of carbonyl (C=O) groups is 1. The molecule has 1 atom stereocenters. The molecule has 0 saturated heterocycles. The summed E-state index contributed by atoms with van der Waals surface area (Å²) in [6.45, 7) is 0. The molecule has 4 nitrogen and oxygen atoms in total. The fourth-order valence-corrected chi connectivity index (χ4v) is 1.59. The average Bonchev–Trinajstić information content (AvgIpc) is 2.12. The van der Waals surface area contributed by atoms with Gasteiger partial charge < -0.3 is 5.11 Å². The average molecular weight is 223 g/mol. The summed E-state index contributed by atoms with van der Waals surface area (Å²) in [5.74, 6) is 3.86. The quantitative estimate of drug-likeness (QED) is 0.354. The highest BCUT2D eigenvalue weighted by molar-refractivity contribution is 6.35. The second kappa shape index (κ2) is 4.00. The number of hydrogen-bond donors (Lipinski definition) is 3. The molecule has 0 aromatic carbocycles. The Kier molecular flexibility index (Phi) is 3.19. The van der Waals surface area contributed by atoms with Gasteiger partial charge in [0.15, 0.2) is 0 Å². The summed E-state index contributed by atoms with van der Waals surface area (Å²) in [4.78, 5) is 11.1. The fraction of sp³-hybridized carbons (Fsp3) is 0.286. The highest BCUT2D eigenvalue weighted by Crippen LogP contribution is 2.31. The van der Waals surface area contributed by atoms with Gasteiger partial charge in [0.1, 0.15) is 5.76 Å². The summed E-state index contributed by atoms with van der Waals surface area (Å²) in [6.07, 6.45) is 1.62. The number of hydrazine groups is 1. The maximum absolute atomic E-state index is 11.1. The predicted molar refractivity (Wildman–Crippen MR) is 49.9 cm³/mol. The van der Waals surface area contributed by atoms with Crippen LogP contribution in [0.2, 0.25) is 0 Å². The zero-order valence-electron chi connectivity index (χ0n) is 6.55. The SMILES string of the molecule is NNC(=O)C1C=C(Cl)C(O)=C(Cl)C1. The fourth-order valence-electron chi connectivity index (χ4n) is 1.01. The summed E-state index contributed by atoms with van der Waals surface area (Å²) in [5.41, 5.74) is 1.99. The Bertz CT molecular complexity index is 299. The lowest BCUT2D eigenvalue weighted by atomic mass is 9.99. The first-order valence-corrected chi connectivity index (χ1v) is 4.27. The van der Waals surface area contributed by atoms with Gasteiger partial charge in [-0.2, -0.15) is 0 Å². The first-order valence-electron chi connectivity index (χ1n) is 3.52. The summed E-state index contributed by atoms with van der Waals surface area (Å²) in [5, 5.41) is 9.44. The van der Waals surface area contributed by atoms with Crippen LogP contribution in [0, 0.1) is 5.92 Å². The van der Waals surface area contributed by atoms with Crippen molar-refractivity contribution in [2.45, 2.75) is 6.42 Å². The zero-order chi connectivity index (χ0) is 10.0. The van der Waals surface area contributed by atoms with E-state index in [-0.39, 0.29) is 28.2 Å². The van der Waals surface area contributed by atoms with Gasteiger partial charge in [0.25, 0.3) is 0 Å². The number of allylic oxidation sites excluding steroid dienone is 2. The van der Waals surface area contributed by atoms with Crippen LogP contribution in [-0.4, -0.2) is 11.0 Å². The van der Waals surface area contributed by atoms with E-state index >= 15 is 0 Å². The highest BCUT2D eigenvalue weighted by atomic mass is 35.5. The van der Waals surface area contributed by atoms with Gasteiger partial charge in [-0.05, 0) is 6.08 Å². The van der Waals surface area contributed by atoms with Crippen molar-refractivity contribution >= 4 is 29.1 Å². The standard InChI is InChI=1S/C7H8Cl2N2O2/c8-4-1-3(7(13)11-10)2-5(9)6(4)12/h1,3,12H,2,10H2,(H,11,13). The second-order valence-electron chi connectivity index (χ2n) is 2.59. The molecule has 0 aromatic heterocycles. The molecular formula is C7H8Cl2N2O2. The van der Waals surface area contributed by atoms with Crippen LogP contribution in [0.15, 0.2) is 21.9 Å². The number of nitrogens with one attached hydrogen (secondary N) is 1. The minimum Gasteiger partial charge on any atom is -0.505 e. The number of aliphatic hydroxyl groups is 1. The van der Waals surface area contributed by atoms with Gasteiger partial charge in [-0.15, -0.1) is 0 Å². The van der Waals surface area contributed by atoms with E-state index in [2.05, 4.69) is 0 Å². The Morgan fingerprint density at radius 1 is 1.69 bits per heavy atom. The molecule has 1 amide bonds. The Labute approximate surface area is 85.0 Å². The molecule has 0 aromatic rings. The molecule has 1 rings (SSSR count). The molecule has 1 aliphatic carbocycles. The predicted octanol–water partition coefficient (Wildman–Crippen LogP) is 1.13. The van der Waals surface area contributed by atoms with Gasteiger partial charge in [0.05, 0.1) is 16.0 Å². The Hall–Kier alpha value is -0.710. The van der Waals surface area contributed by atoms with Gasteiger partial charge in [-0.25, -0.2) is 5.84 Å². The molecule has 4 N–H and O–H groups in total. The van der Waals surface area contributed by atoms with Crippen LogP contribution in [0.3, 0.4) is 0 Å². The first kappa shape index (κ1) is 10.4. The minimum absolute atomic E-state index is 0.0739. The topological polar surface area (TPSA) is 75.3 Å². The zero-order valence-corrected chi connectivity index (χ0v) is 8.06. The number of nitrogens with two attached hydrogens (primary N) is 1. The van der Waals surface area contributed by atoms with Crippen LogP contribution in [0.25, 0.3) is 0 Å². The summed E-state index contributed by atoms with van der Waals surface area (Å²) >= 11 is 11.2. The summed E-state index contributed by atoms with van der Waals surface area (Å²) in [7, 11) is 0. The molecule has 0 aliphatic heterocycles. The van der Waals surface area contributed by atoms with Crippen molar-refractivity contribution < 1.29 is 9.90 Å². The van der Waals surface area contributed by atoms with Crippen LogP contribution < -0.4 is 11.3 Å². The van der Waals surface area contributed by atoms with E-state index in [1.54, 1.807) is 0 Å². The van der Waals surface area contributed by atoms with E-state index in [1.165, 1.54) is 6.08 Å². The van der Waals surface area contributed by atoms with E-state index in [0.29, 0.717) is 0 Å². The van der Waals surface area contributed by atoms with Crippen molar-refractivity contribution in [3.05, 3.63) is 21.9 Å². The van der Waals surface area contributed by atoms with Crippen LogP contribution in [0.4, 0.5) is 0 Å². The van der Waals surface area contributed by atoms with Crippen molar-refractivity contribution in [1.29, 1.82) is 0 Å². The highest BCUT2D eigenvalue weighted by Gasteiger charge is 2.24. The molecular weight excluding hydrogens is 215 g/mol. The van der Waals surface area contributed by atoms with Crippen molar-refractivity contribution in [3.63, 3.8) is 0 Å². The van der Waals surface area contributed by atoms with Crippen molar-refractivity contribution in [2.75, 3.05) is 0 Å². The molecule has 0 fully saturated rings. The van der Waals surface area contributed by atoms with Gasteiger partial charge in [-0.1, -0.05) is 23.2 Å². The Balaban J connectivity index is 2.85. The molecule has 6 heteroatoms. The molecule has 0 saturated carbocycles. The molecule has 1 unspecified atom stereocenters. The van der Waals surface area contributed by atoms with Crippen LogP contribution in [0.1, 0.15) is 6.42 Å². The van der Waals surface area contributed by atoms with Crippen LogP contribution in [0.5, 0.6) is 0 Å². The maximum Gasteiger partial charge on any atom is 0.241 e. The van der Waals surface area contributed by atoms with Gasteiger partial charge >= 0.3 is 0 Å². The summed E-state index contributed by atoms with van der Waals surface area (Å²) < 4.78 is 0. The van der Waals surface area contributed by atoms with E-state index < -0.39 is 5.92 Å². The largest absolute Gasteiger partial charge is 0.505 e. The second-order valence-corrected chi connectivity index (χ2v) is 3.45. The van der Waals surface area contributed by atoms with Crippen LogP contribution >= 0.6 is 23.2 Å². The van der Waals surface area contributed by atoms with Gasteiger partial charge in [0.2, 0.25) is 5.91 Å². The van der Waals surface area contributed by atoms with E-state index in [9.17, 15) is 9.90 Å². The van der Waals surface area contributed by atoms with E-state index in [1.807, 2.05) is 5.43 Å². The number of rotatable bonds is 1. The molecule has 13 heavy (non-hydrogen) atoms.